The van der Waals surface area contributed by atoms with Gasteiger partial charge in [-0.3, -0.25) is 4.90 Å². The molecule has 1 unspecified atom stereocenters. The molecule has 1 aliphatic heterocycles. The minimum atomic E-state index is -4.39. The van der Waals surface area contributed by atoms with Crippen LogP contribution in [0.3, 0.4) is 0 Å². The molecule has 1 atom stereocenters. The van der Waals surface area contributed by atoms with E-state index in [1.807, 2.05) is 0 Å². The Morgan fingerprint density at radius 2 is 1.96 bits per heavy atom. The normalized spacial score (nSPS) is 18.2. The van der Waals surface area contributed by atoms with E-state index in [0.717, 1.165) is 25.3 Å². The highest BCUT2D eigenvalue weighted by Gasteiger charge is 2.36. The number of aromatic nitrogens is 1. The Morgan fingerprint density at radius 1 is 1.26 bits per heavy atom. The maximum absolute atomic E-state index is 13.1. The van der Waals surface area contributed by atoms with Crippen LogP contribution in [0.15, 0.2) is 18.3 Å². The number of aliphatic hydroxyl groups is 1. The summed E-state index contributed by atoms with van der Waals surface area (Å²) in [5.74, 6) is 0.00572. The molecule has 1 aliphatic rings. The lowest BCUT2D eigenvalue weighted by atomic mass is 10.1. The molecule has 1 fully saturated rings. The Morgan fingerprint density at radius 3 is 2.57 bits per heavy atom. The van der Waals surface area contributed by atoms with Crippen molar-refractivity contribution in [2.45, 2.75) is 38.5 Å². The molecule has 0 aromatic carbocycles. The fourth-order valence-corrected chi connectivity index (χ4v) is 2.84. The first-order chi connectivity index (χ1) is 10.9. The van der Waals surface area contributed by atoms with Gasteiger partial charge in [-0.25, -0.2) is 4.98 Å². The highest BCUT2D eigenvalue weighted by Crippen LogP contribution is 2.35. The van der Waals surface area contributed by atoms with Gasteiger partial charge in [0, 0.05) is 38.9 Å². The number of β-amino-alcohol motifs (C(OH)–C–C–N with tert-alkyl or cyclic N) is 1. The Bertz CT molecular complexity index is 488. The second kappa shape index (κ2) is 7.97. The standard InChI is InChI=1S/C16H24F3N3O/c1-2-3-5-13(23)12-21-8-10-22(11-9-21)15-14(16(17,18)19)6-4-7-20-15/h4,6-7,13,23H,2-3,5,8-12H2,1H3. The molecule has 23 heavy (non-hydrogen) atoms. The zero-order valence-corrected chi connectivity index (χ0v) is 13.4. The highest BCUT2D eigenvalue weighted by atomic mass is 19.4. The zero-order chi connectivity index (χ0) is 16.9. The fourth-order valence-electron chi connectivity index (χ4n) is 2.84. The number of alkyl halides is 3. The molecule has 1 N–H and O–H groups in total. The summed E-state index contributed by atoms with van der Waals surface area (Å²) in [7, 11) is 0. The molecule has 2 rings (SSSR count). The van der Waals surface area contributed by atoms with Crippen molar-refractivity contribution in [3.05, 3.63) is 23.9 Å². The van der Waals surface area contributed by atoms with Crippen molar-refractivity contribution in [1.29, 1.82) is 0 Å². The average Bonchev–Trinajstić information content (AvgIpc) is 2.53. The van der Waals surface area contributed by atoms with Gasteiger partial charge in [-0.1, -0.05) is 19.8 Å². The molecule has 7 heteroatoms. The third-order valence-corrected chi connectivity index (χ3v) is 4.12. The van der Waals surface area contributed by atoms with Crippen molar-refractivity contribution < 1.29 is 18.3 Å². The first-order valence-corrected chi connectivity index (χ1v) is 8.09. The van der Waals surface area contributed by atoms with E-state index in [9.17, 15) is 18.3 Å². The number of aliphatic hydroxyl groups excluding tert-OH is 1. The first-order valence-electron chi connectivity index (χ1n) is 8.09. The Balaban J connectivity index is 1.92. The van der Waals surface area contributed by atoms with Gasteiger partial charge in [-0.05, 0) is 18.6 Å². The lowest BCUT2D eigenvalue weighted by Crippen LogP contribution is -2.49. The van der Waals surface area contributed by atoms with Gasteiger partial charge in [-0.15, -0.1) is 0 Å². The number of pyridine rings is 1. The summed E-state index contributed by atoms with van der Waals surface area (Å²) >= 11 is 0. The SMILES string of the molecule is CCCCC(O)CN1CCN(c2ncccc2C(F)(F)F)CC1. The molecule has 1 aromatic heterocycles. The molecule has 0 aliphatic carbocycles. The zero-order valence-electron chi connectivity index (χ0n) is 13.4. The van der Waals surface area contributed by atoms with E-state index in [0.29, 0.717) is 32.7 Å². The smallest absolute Gasteiger partial charge is 0.392 e. The van der Waals surface area contributed by atoms with Gasteiger partial charge in [0.2, 0.25) is 0 Å². The van der Waals surface area contributed by atoms with Gasteiger partial charge in [0.1, 0.15) is 5.82 Å². The Labute approximate surface area is 134 Å². The molecule has 130 valence electrons. The second-order valence-electron chi connectivity index (χ2n) is 5.96. The molecule has 1 aromatic rings. The Kier molecular flexibility index (Phi) is 6.24. The van der Waals surface area contributed by atoms with Crippen molar-refractivity contribution in [2.24, 2.45) is 0 Å². The predicted molar refractivity (Wildman–Crippen MR) is 83.4 cm³/mol. The van der Waals surface area contributed by atoms with Gasteiger partial charge in [0.25, 0.3) is 0 Å². The molecule has 0 bridgehead atoms. The van der Waals surface area contributed by atoms with Gasteiger partial charge in [0.15, 0.2) is 0 Å². The Hall–Kier alpha value is -1.34. The summed E-state index contributed by atoms with van der Waals surface area (Å²) in [5.41, 5.74) is -0.684. The number of rotatable bonds is 6. The number of unbranched alkanes of at least 4 members (excludes halogenated alkanes) is 1. The third-order valence-electron chi connectivity index (χ3n) is 4.12. The minimum absolute atomic E-state index is 0.00572. The monoisotopic (exact) mass is 331 g/mol. The van der Waals surface area contributed by atoms with Gasteiger partial charge in [-0.2, -0.15) is 13.2 Å². The molecular weight excluding hydrogens is 307 g/mol. The number of hydrogen-bond donors (Lipinski definition) is 1. The molecule has 0 radical (unpaired) electrons. The largest absolute Gasteiger partial charge is 0.419 e. The van der Waals surface area contributed by atoms with Crippen molar-refractivity contribution in [3.8, 4) is 0 Å². The molecule has 4 nitrogen and oxygen atoms in total. The van der Waals surface area contributed by atoms with Crippen LogP contribution in [0.5, 0.6) is 0 Å². The molecule has 0 amide bonds. The van der Waals surface area contributed by atoms with Crippen LogP contribution >= 0.6 is 0 Å². The van der Waals surface area contributed by atoms with Crippen LogP contribution in [0, 0.1) is 0 Å². The van der Waals surface area contributed by atoms with Crippen molar-refractivity contribution >= 4 is 5.82 Å². The minimum Gasteiger partial charge on any atom is -0.392 e. The van der Waals surface area contributed by atoms with E-state index < -0.39 is 11.7 Å². The summed E-state index contributed by atoms with van der Waals surface area (Å²) < 4.78 is 39.2. The first kappa shape index (κ1) is 18.0. The van der Waals surface area contributed by atoms with Crippen molar-refractivity contribution in [1.82, 2.24) is 9.88 Å². The average molecular weight is 331 g/mol. The van der Waals surface area contributed by atoms with Gasteiger partial charge < -0.3 is 10.0 Å². The predicted octanol–water partition coefficient (Wildman–Crippen LogP) is 2.77. The fraction of sp³-hybridized carbons (Fsp3) is 0.688. The number of piperazine rings is 1. The van der Waals surface area contributed by atoms with E-state index in [1.54, 1.807) is 4.90 Å². The summed E-state index contributed by atoms with van der Waals surface area (Å²) in [6.45, 7) is 4.91. The number of nitrogens with zero attached hydrogens (tertiary/aromatic N) is 3. The van der Waals surface area contributed by atoms with E-state index in [2.05, 4.69) is 16.8 Å². The number of hydrogen-bond acceptors (Lipinski definition) is 4. The lowest BCUT2D eigenvalue weighted by molar-refractivity contribution is -0.137. The van der Waals surface area contributed by atoms with E-state index >= 15 is 0 Å². The van der Waals surface area contributed by atoms with Crippen LogP contribution in [0.2, 0.25) is 0 Å². The van der Waals surface area contributed by atoms with Crippen molar-refractivity contribution in [3.63, 3.8) is 0 Å². The molecule has 2 heterocycles. The quantitative estimate of drug-likeness (QED) is 0.870. The summed E-state index contributed by atoms with van der Waals surface area (Å²) in [6.07, 6.45) is -0.547. The van der Waals surface area contributed by atoms with Gasteiger partial charge >= 0.3 is 6.18 Å². The van der Waals surface area contributed by atoms with E-state index in [-0.39, 0.29) is 11.9 Å². The maximum Gasteiger partial charge on any atom is 0.419 e. The second-order valence-corrected chi connectivity index (χ2v) is 5.96. The molecular formula is C16H24F3N3O. The highest BCUT2D eigenvalue weighted by molar-refractivity contribution is 5.48. The van der Waals surface area contributed by atoms with Crippen LogP contribution in [-0.4, -0.2) is 53.8 Å². The summed E-state index contributed by atoms with van der Waals surface area (Å²) in [6, 6.07) is 2.38. The van der Waals surface area contributed by atoms with Crippen LogP contribution in [0.1, 0.15) is 31.7 Å². The number of anilines is 1. The van der Waals surface area contributed by atoms with Crippen LogP contribution in [0.4, 0.5) is 19.0 Å². The van der Waals surface area contributed by atoms with Crippen molar-refractivity contribution in [2.75, 3.05) is 37.6 Å². The molecule has 1 saturated heterocycles. The van der Waals surface area contributed by atoms with Crippen LogP contribution in [0.25, 0.3) is 0 Å². The summed E-state index contributed by atoms with van der Waals surface area (Å²) in [5, 5.41) is 9.95. The topological polar surface area (TPSA) is 39.6 Å². The van der Waals surface area contributed by atoms with Gasteiger partial charge in [0.05, 0.1) is 11.7 Å². The maximum atomic E-state index is 13.1. The lowest BCUT2D eigenvalue weighted by Gasteiger charge is -2.37. The third kappa shape index (κ3) is 5.07. The van der Waals surface area contributed by atoms with E-state index in [4.69, 9.17) is 0 Å². The summed E-state index contributed by atoms with van der Waals surface area (Å²) in [4.78, 5) is 7.72. The number of halogens is 3. The molecule has 0 spiro atoms. The van der Waals surface area contributed by atoms with Crippen LogP contribution < -0.4 is 4.90 Å². The van der Waals surface area contributed by atoms with E-state index in [1.165, 1.54) is 12.3 Å². The molecule has 0 saturated carbocycles. The van der Waals surface area contributed by atoms with Crippen LogP contribution in [-0.2, 0) is 6.18 Å².